The molecule has 0 atom stereocenters. The van der Waals surface area contributed by atoms with Crippen molar-refractivity contribution < 1.29 is 23.9 Å². The fraction of sp³-hybridized carbons (Fsp3) is 0.278. The number of Topliss-reactive ketones (excluding diaryl/α,β-unsaturated/α-hetero) is 1. The second kappa shape index (κ2) is 9.94. The topological polar surface area (TPSA) is 81.7 Å². The molecule has 0 bridgehead atoms. The van der Waals surface area contributed by atoms with Crippen LogP contribution in [0.15, 0.2) is 36.4 Å². The third kappa shape index (κ3) is 6.16. The molecule has 1 N–H and O–H groups in total. The van der Waals surface area contributed by atoms with Crippen molar-refractivity contribution in [2.45, 2.75) is 19.4 Å². The van der Waals surface area contributed by atoms with Crippen molar-refractivity contribution in [2.24, 2.45) is 0 Å². The Morgan fingerprint density at radius 1 is 1.12 bits per heavy atom. The molecule has 8 heteroatoms. The summed E-state index contributed by atoms with van der Waals surface area (Å²) >= 11 is 6.93. The van der Waals surface area contributed by atoms with Crippen LogP contribution >= 0.6 is 22.9 Å². The van der Waals surface area contributed by atoms with Crippen molar-refractivity contribution in [3.8, 4) is 5.75 Å². The third-order valence-corrected chi connectivity index (χ3v) is 4.71. The zero-order valence-electron chi connectivity index (χ0n) is 14.1. The number of carbonyl (C=O) groups is 3. The number of para-hydroxylation sites is 1. The fourth-order valence-electron chi connectivity index (χ4n) is 2.12. The van der Waals surface area contributed by atoms with Crippen LogP contribution in [0.5, 0.6) is 5.75 Å². The summed E-state index contributed by atoms with van der Waals surface area (Å²) in [6, 6.07) is 10.5. The van der Waals surface area contributed by atoms with Gasteiger partial charge in [0.2, 0.25) is 0 Å². The standard InChI is InChI=1S/C18H18ClNO5S/c1-24-14-5-3-2-4-12(14)10-20-17(22)11-25-18(23)9-6-13(21)15-7-8-16(19)26-15/h2-5,7-8H,6,9-11H2,1H3,(H,20,22). The maximum absolute atomic E-state index is 11.9. The predicted molar refractivity (Wildman–Crippen MR) is 98.7 cm³/mol. The molecule has 0 aliphatic rings. The van der Waals surface area contributed by atoms with Gasteiger partial charge in [0.1, 0.15) is 5.75 Å². The monoisotopic (exact) mass is 395 g/mol. The lowest BCUT2D eigenvalue weighted by Crippen LogP contribution is -2.28. The van der Waals surface area contributed by atoms with Gasteiger partial charge in [0.15, 0.2) is 12.4 Å². The maximum atomic E-state index is 11.9. The Morgan fingerprint density at radius 2 is 1.88 bits per heavy atom. The van der Waals surface area contributed by atoms with Gasteiger partial charge in [-0.25, -0.2) is 0 Å². The van der Waals surface area contributed by atoms with Crippen molar-refractivity contribution >= 4 is 40.6 Å². The van der Waals surface area contributed by atoms with Gasteiger partial charge < -0.3 is 14.8 Å². The normalized spacial score (nSPS) is 10.2. The number of halogens is 1. The molecule has 138 valence electrons. The Hall–Kier alpha value is -2.38. The van der Waals surface area contributed by atoms with Gasteiger partial charge in [-0.2, -0.15) is 0 Å². The summed E-state index contributed by atoms with van der Waals surface area (Å²) in [5.74, 6) is -0.550. The number of hydrogen-bond acceptors (Lipinski definition) is 6. The molecule has 1 amide bonds. The molecule has 0 saturated heterocycles. The number of nitrogens with one attached hydrogen (secondary N) is 1. The lowest BCUT2D eigenvalue weighted by molar-refractivity contribution is -0.148. The first-order valence-corrected chi connectivity index (χ1v) is 9.02. The van der Waals surface area contributed by atoms with Gasteiger partial charge in [-0.15, -0.1) is 11.3 Å². The van der Waals surface area contributed by atoms with Crippen LogP contribution in [0.3, 0.4) is 0 Å². The number of ether oxygens (including phenoxy) is 2. The van der Waals surface area contributed by atoms with Crippen LogP contribution in [0.1, 0.15) is 28.1 Å². The van der Waals surface area contributed by atoms with Crippen LogP contribution < -0.4 is 10.1 Å². The smallest absolute Gasteiger partial charge is 0.306 e. The summed E-state index contributed by atoms with van der Waals surface area (Å²) < 4.78 is 10.6. The molecular formula is C18H18ClNO5S. The Balaban J connectivity index is 1.68. The van der Waals surface area contributed by atoms with Crippen molar-refractivity contribution in [1.29, 1.82) is 0 Å². The van der Waals surface area contributed by atoms with E-state index in [0.717, 1.165) is 16.9 Å². The molecule has 6 nitrogen and oxygen atoms in total. The maximum Gasteiger partial charge on any atom is 0.306 e. The summed E-state index contributed by atoms with van der Waals surface area (Å²) in [6.07, 6.45) is -0.0767. The van der Waals surface area contributed by atoms with E-state index in [2.05, 4.69) is 5.32 Å². The number of amides is 1. The Kier molecular flexibility index (Phi) is 7.62. The van der Waals surface area contributed by atoms with Gasteiger partial charge in [-0.3, -0.25) is 14.4 Å². The van der Waals surface area contributed by atoms with Crippen LogP contribution in [0.25, 0.3) is 0 Å². The van der Waals surface area contributed by atoms with E-state index < -0.39 is 18.5 Å². The summed E-state index contributed by atoms with van der Waals surface area (Å²) in [7, 11) is 1.55. The minimum Gasteiger partial charge on any atom is -0.496 e. The molecule has 0 aliphatic heterocycles. The first kappa shape index (κ1) is 19.9. The summed E-state index contributed by atoms with van der Waals surface area (Å²) in [4.78, 5) is 35.8. The van der Waals surface area contributed by atoms with E-state index in [-0.39, 0.29) is 25.2 Å². The second-order valence-electron chi connectivity index (χ2n) is 5.28. The minimum absolute atomic E-state index is 0.0124. The molecule has 0 saturated carbocycles. The first-order chi connectivity index (χ1) is 12.5. The van der Waals surface area contributed by atoms with Crippen LogP contribution in [0.4, 0.5) is 0 Å². The molecule has 0 spiro atoms. The second-order valence-corrected chi connectivity index (χ2v) is 6.99. The van der Waals surface area contributed by atoms with Crippen molar-refractivity contribution in [3.63, 3.8) is 0 Å². The number of esters is 1. The summed E-state index contributed by atoms with van der Waals surface area (Å²) in [5, 5.41) is 2.65. The number of thiophene rings is 1. The predicted octanol–water partition coefficient (Wildman–Crippen LogP) is 3.23. The van der Waals surface area contributed by atoms with Crippen LogP contribution in [-0.2, 0) is 20.9 Å². The Labute approximate surface area is 160 Å². The molecule has 1 heterocycles. The van der Waals surface area contributed by atoms with Gasteiger partial charge >= 0.3 is 5.97 Å². The molecule has 0 fully saturated rings. The molecule has 1 aromatic heterocycles. The van der Waals surface area contributed by atoms with E-state index in [1.165, 1.54) is 0 Å². The zero-order valence-corrected chi connectivity index (χ0v) is 15.7. The van der Waals surface area contributed by atoms with E-state index in [1.807, 2.05) is 18.2 Å². The van der Waals surface area contributed by atoms with E-state index in [4.69, 9.17) is 21.1 Å². The third-order valence-electron chi connectivity index (χ3n) is 3.44. The molecule has 0 radical (unpaired) electrons. The summed E-state index contributed by atoms with van der Waals surface area (Å²) in [6.45, 7) is -0.134. The fourth-order valence-corrected chi connectivity index (χ4v) is 3.13. The van der Waals surface area contributed by atoms with Crippen LogP contribution in [0.2, 0.25) is 4.34 Å². The number of hydrogen-bond donors (Lipinski definition) is 1. The van der Waals surface area contributed by atoms with E-state index in [9.17, 15) is 14.4 Å². The highest BCUT2D eigenvalue weighted by molar-refractivity contribution is 7.18. The van der Waals surface area contributed by atoms with E-state index >= 15 is 0 Å². The number of rotatable bonds is 9. The Bertz CT molecular complexity index is 789. The highest BCUT2D eigenvalue weighted by atomic mass is 35.5. The van der Waals surface area contributed by atoms with Gasteiger partial charge in [-0.05, 0) is 18.2 Å². The minimum atomic E-state index is -0.603. The number of carbonyl (C=O) groups excluding carboxylic acids is 3. The number of ketones is 1. The zero-order chi connectivity index (χ0) is 18.9. The van der Waals surface area contributed by atoms with Gasteiger partial charge in [0, 0.05) is 18.5 Å². The molecule has 2 rings (SSSR count). The molecule has 26 heavy (non-hydrogen) atoms. The van der Waals surface area contributed by atoms with E-state index in [0.29, 0.717) is 15.0 Å². The van der Waals surface area contributed by atoms with E-state index in [1.54, 1.807) is 25.3 Å². The van der Waals surface area contributed by atoms with Crippen LogP contribution in [-0.4, -0.2) is 31.4 Å². The van der Waals surface area contributed by atoms with Crippen molar-refractivity contribution in [3.05, 3.63) is 51.2 Å². The van der Waals surface area contributed by atoms with Crippen LogP contribution in [0, 0.1) is 0 Å². The molecule has 0 aliphatic carbocycles. The quantitative estimate of drug-likeness (QED) is 0.520. The molecule has 2 aromatic rings. The molecule has 0 unspecified atom stereocenters. The van der Waals surface area contributed by atoms with Gasteiger partial charge in [0.25, 0.3) is 5.91 Å². The highest BCUT2D eigenvalue weighted by Gasteiger charge is 2.13. The average molecular weight is 396 g/mol. The lowest BCUT2D eigenvalue weighted by Gasteiger charge is -2.09. The first-order valence-electron chi connectivity index (χ1n) is 7.82. The van der Waals surface area contributed by atoms with Crippen molar-refractivity contribution in [1.82, 2.24) is 5.32 Å². The average Bonchev–Trinajstić information content (AvgIpc) is 3.09. The Morgan fingerprint density at radius 3 is 2.58 bits per heavy atom. The molecule has 1 aromatic carbocycles. The number of benzene rings is 1. The largest absolute Gasteiger partial charge is 0.496 e. The summed E-state index contributed by atoms with van der Waals surface area (Å²) in [5.41, 5.74) is 0.815. The lowest BCUT2D eigenvalue weighted by atomic mass is 10.2. The van der Waals surface area contributed by atoms with Gasteiger partial charge in [-0.1, -0.05) is 29.8 Å². The molecular weight excluding hydrogens is 378 g/mol. The number of methoxy groups -OCH3 is 1. The highest BCUT2D eigenvalue weighted by Crippen LogP contribution is 2.23. The van der Waals surface area contributed by atoms with Crippen molar-refractivity contribution in [2.75, 3.05) is 13.7 Å². The SMILES string of the molecule is COc1ccccc1CNC(=O)COC(=O)CCC(=O)c1ccc(Cl)s1. The van der Waals surface area contributed by atoms with Gasteiger partial charge in [0.05, 0.1) is 22.7 Å².